The maximum Gasteiger partial charge on any atom is 0.132 e. The zero-order valence-corrected chi connectivity index (χ0v) is 10.9. The molecule has 0 radical (unpaired) electrons. The van der Waals surface area contributed by atoms with Crippen molar-refractivity contribution in [1.82, 2.24) is 25.0 Å². The monoisotopic (exact) mass is 258 g/mol. The minimum Gasteiger partial charge on any atom is -0.368 e. The zero-order valence-electron chi connectivity index (χ0n) is 10.9. The molecule has 100 valence electrons. The largest absolute Gasteiger partial charge is 0.368 e. The number of hydrogen-bond donors (Lipinski definition) is 1. The highest BCUT2D eigenvalue weighted by molar-refractivity contribution is 5.46. The minimum atomic E-state index is 0.790. The predicted molar refractivity (Wildman–Crippen MR) is 71.8 cm³/mol. The van der Waals surface area contributed by atoms with Crippen LogP contribution < -0.4 is 5.32 Å². The Bertz CT molecular complexity index is 522. The van der Waals surface area contributed by atoms with Crippen molar-refractivity contribution in [3.8, 4) is 0 Å². The van der Waals surface area contributed by atoms with E-state index in [4.69, 9.17) is 0 Å². The van der Waals surface area contributed by atoms with E-state index in [9.17, 15) is 0 Å². The summed E-state index contributed by atoms with van der Waals surface area (Å²) in [6.45, 7) is 1.59. The molecule has 0 atom stereocenters. The van der Waals surface area contributed by atoms with Gasteiger partial charge >= 0.3 is 0 Å². The van der Waals surface area contributed by atoms with Gasteiger partial charge in [0.25, 0.3) is 0 Å². The van der Waals surface area contributed by atoms with Gasteiger partial charge in [-0.15, -0.1) is 5.10 Å². The molecule has 2 aromatic rings. The number of fused-ring (bicyclic) bond motifs is 1. The van der Waals surface area contributed by atoms with Crippen molar-refractivity contribution in [2.75, 3.05) is 11.9 Å². The number of aryl methyl sites for hydroxylation is 1. The summed E-state index contributed by atoms with van der Waals surface area (Å²) in [6.07, 6.45) is 11.1. The Balaban J connectivity index is 1.67. The van der Waals surface area contributed by atoms with E-state index >= 15 is 0 Å². The first-order valence-corrected chi connectivity index (χ1v) is 6.84. The zero-order chi connectivity index (χ0) is 12.9. The lowest BCUT2D eigenvalue weighted by atomic mass is 10.1. The van der Waals surface area contributed by atoms with E-state index in [1.165, 1.54) is 30.5 Å². The fourth-order valence-electron chi connectivity index (χ4n) is 2.49. The molecule has 0 bridgehead atoms. The summed E-state index contributed by atoms with van der Waals surface area (Å²) in [7, 11) is 0. The lowest BCUT2D eigenvalue weighted by Crippen LogP contribution is -2.14. The molecule has 0 amide bonds. The van der Waals surface area contributed by atoms with Gasteiger partial charge in [-0.3, -0.25) is 4.68 Å². The second kappa shape index (κ2) is 5.77. The number of anilines is 1. The topological polar surface area (TPSA) is 68.5 Å². The van der Waals surface area contributed by atoms with E-state index in [-0.39, 0.29) is 0 Å². The van der Waals surface area contributed by atoms with Gasteiger partial charge in [-0.2, -0.15) is 0 Å². The van der Waals surface area contributed by atoms with Gasteiger partial charge in [-0.1, -0.05) is 11.6 Å². The van der Waals surface area contributed by atoms with Gasteiger partial charge in [0.15, 0.2) is 0 Å². The van der Waals surface area contributed by atoms with Crippen molar-refractivity contribution in [3.05, 3.63) is 30.0 Å². The Kier molecular flexibility index (Phi) is 3.67. The van der Waals surface area contributed by atoms with Crippen molar-refractivity contribution in [1.29, 1.82) is 0 Å². The third kappa shape index (κ3) is 2.89. The summed E-state index contributed by atoms with van der Waals surface area (Å²) in [5, 5.41) is 11.1. The highest BCUT2D eigenvalue weighted by Crippen LogP contribution is 2.23. The van der Waals surface area contributed by atoms with Gasteiger partial charge in [0.2, 0.25) is 0 Å². The van der Waals surface area contributed by atoms with E-state index in [0.717, 1.165) is 31.7 Å². The number of rotatable bonds is 4. The highest BCUT2D eigenvalue weighted by Gasteiger charge is 2.13. The molecule has 0 aromatic carbocycles. The Morgan fingerprint density at radius 2 is 2.11 bits per heavy atom. The van der Waals surface area contributed by atoms with Crippen molar-refractivity contribution in [2.45, 2.75) is 38.6 Å². The molecule has 0 aliphatic heterocycles. The maximum atomic E-state index is 4.42. The van der Waals surface area contributed by atoms with Crippen LogP contribution in [0, 0.1) is 0 Å². The molecule has 0 saturated carbocycles. The second-order valence-electron chi connectivity index (χ2n) is 4.80. The molecule has 1 aliphatic rings. The molecular formula is C13H18N6. The minimum absolute atomic E-state index is 0.790. The third-order valence-electron chi connectivity index (χ3n) is 3.48. The van der Waals surface area contributed by atoms with Gasteiger partial charge in [-0.05, 0) is 25.7 Å². The van der Waals surface area contributed by atoms with Crippen LogP contribution >= 0.6 is 0 Å². The van der Waals surface area contributed by atoms with Crippen LogP contribution in [-0.2, 0) is 19.4 Å². The van der Waals surface area contributed by atoms with Crippen LogP contribution in [0.5, 0.6) is 0 Å². The van der Waals surface area contributed by atoms with E-state index in [0.29, 0.717) is 0 Å². The van der Waals surface area contributed by atoms with Gasteiger partial charge in [0, 0.05) is 24.0 Å². The summed E-state index contributed by atoms with van der Waals surface area (Å²) in [5.74, 6) is 0.993. The van der Waals surface area contributed by atoms with Crippen molar-refractivity contribution in [3.63, 3.8) is 0 Å². The van der Waals surface area contributed by atoms with E-state index < -0.39 is 0 Å². The maximum absolute atomic E-state index is 4.42. The molecule has 6 heteroatoms. The van der Waals surface area contributed by atoms with E-state index in [2.05, 4.69) is 25.6 Å². The number of nitrogens with one attached hydrogen (secondary N) is 1. The molecular weight excluding hydrogens is 240 g/mol. The van der Waals surface area contributed by atoms with Crippen LogP contribution in [0.4, 0.5) is 5.82 Å². The average molecular weight is 258 g/mol. The predicted octanol–water partition coefficient (Wildman–Crippen LogP) is 1.45. The molecule has 19 heavy (non-hydrogen) atoms. The summed E-state index contributed by atoms with van der Waals surface area (Å²) >= 11 is 0. The molecule has 0 saturated heterocycles. The molecule has 0 fully saturated rings. The summed E-state index contributed by atoms with van der Waals surface area (Å²) in [5.41, 5.74) is 2.52. The molecule has 0 unspecified atom stereocenters. The van der Waals surface area contributed by atoms with Gasteiger partial charge in [0.1, 0.15) is 12.1 Å². The Labute approximate surface area is 112 Å². The molecule has 3 rings (SSSR count). The molecule has 0 spiro atoms. The number of nitrogens with zero attached hydrogens (tertiary/aromatic N) is 5. The van der Waals surface area contributed by atoms with Crippen molar-refractivity contribution < 1.29 is 0 Å². The van der Waals surface area contributed by atoms with Crippen LogP contribution in [-0.4, -0.2) is 31.5 Å². The van der Waals surface area contributed by atoms with Gasteiger partial charge in [0.05, 0.1) is 12.7 Å². The summed E-state index contributed by atoms with van der Waals surface area (Å²) in [4.78, 5) is 8.80. The van der Waals surface area contributed by atoms with Crippen molar-refractivity contribution in [2.24, 2.45) is 0 Å². The lowest BCUT2D eigenvalue weighted by molar-refractivity contribution is 0.608. The van der Waals surface area contributed by atoms with Crippen LogP contribution in [0.3, 0.4) is 0 Å². The standard InChI is InChI=1S/C13H18N6/c1-2-4-11-12(5-3-1)15-10-16-13(11)14-6-8-19-9-7-17-18-19/h7,9-10H,1-6,8H2,(H,14,15,16). The SMILES string of the molecule is c1cn(CCNc2ncnc3c2CCCCC3)nn1. The molecule has 1 N–H and O–H groups in total. The smallest absolute Gasteiger partial charge is 0.132 e. The van der Waals surface area contributed by atoms with Crippen molar-refractivity contribution >= 4 is 5.82 Å². The fourth-order valence-corrected chi connectivity index (χ4v) is 2.49. The van der Waals surface area contributed by atoms with Crippen LogP contribution in [0.25, 0.3) is 0 Å². The van der Waals surface area contributed by atoms with Crippen LogP contribution in [0.15, 0.2) is 18.7 Å². The fraction of sp³-hybridized carbons (Fsp3) is 0.538. The molecule has 6 nitrogen and oxygen atoms in total. The van der Waals surface area contributed by atoms with E-state index in [1.54, 1.807) is 12.5 Å². The van der Waals surface area contributed by atoms with Gasteiger partial charge in [-0.25, -0.2) is 9.97 Å². The lowest BCUT2D eigenvalue weighted by Gasteiger charge is -2.12. The second-order valence-corrected chi connectivity index (χ2v) is 4.80. The average Bonchev–Trinajstić information content (AvgIpc) is 2.82. The molecule has 1 aliphatic carbocycles. The Hall–Kier alpha value is -1.98. The molecule has 2 heterocycles. The summed E-state index contributed by atoms with van der Waals surface area (Å²) in [6, 6.07) is 0. The quantitative estimate of drug-likeness (QED) is 0.841. The highest BCUT2D eigenvalue weighted by atomic mass is 15.4. The number of hydrogen-bond acceptors (Lipinski definition) is 5. The molecule has 2 aromatic heterocycles. The van der Waals surface area contributed by atoms with E-state index in [1.807, 2.05) is 10.9 Å². The van der Waals surface area contributed by atoms with Crippen LogP contribution in [0.1, 0.15) is 30.5 Å². The van der Waals surface area contributed by atoms with Crippen LogP contribution in [0.2, 0.25) is 0 Å². The van der Waals surface area contributed by atoms with Gasteiger partial charge < -0.3 is 5.32 Å². The normalized spacial score (nSPS) is 14.7. The Morgan fingerprint density at radius 1 is 1.16 bits per heavy atom. The third-order valence-corrected chi connectivity index (χ3v) is 3.48. The number of aromatic nitrogens is 5. The first kappa shape index (κ1) is 12.1. The summed E-state index contributed by atoms with van der Waals surface area (Å²) < 4.78 is 1.81. The Morgan fingerprint density at radius 3 is 3.00 bits per heavy atom. The first-order valence-electron chi connectivity index (χ1n) is 6.84. The first-order chi connectivity index (χ1) is 9.43.